The largest absolute Gasteiger partial charge is 0.420 e. The third-order valence-corrected chi connectivity index (χ3v) is 4.14. The van der Waals surface area contributed by atoms with Crippen molar-refractivity contribution in [3.63, 3.8) is 0 Å². The van der Waals surface area contributed by atoms with Crippen molar-refractivity contribution in [3.05, 3.63) is 69.6 Å². The van der Waals surface area contributed by atoms with Gasteiger partial charge in [-0.15, -0.1) is 10.2 Å². The molecule has 10 heteroatoms. The van der Waals surface area contributed by atoms with Gasteiger partial charge in [-0.3, -0.25) is 9.20 Å². The summed E-state index contributed by atoms with van der Waals surface area (Å²) in [5.41, 5.74) is -0.731. The van der Waals surface area contributed by atoms with E-state index < -0.39 is 17.6 Å². The molecule has 27 heavy (non-hydrogen) atoms. The third-order valence-electron chi connectivity index (χ3n) is 3.59. The van der Waals surface area contributed by atoms with Gasteiger partial charge in [0.1, 0.15) is 5.56 Å². The molecule has 0 aliphatic carbocycles. The Labute approximate surface area is 161 Å². The van der Waals surface area contributed by atoms with Crippen LogP contribution in [0.3, 0.4) is 0 Å². The highest BCUT2D eigenvalue weighted by Crippen LogP contribution is 2.33. The average Bonchev–Trinajstić information content (AvgIpc) is 3.00. The van der Waals surface area contributed by atoms with Crippen LogP contribution in [0.5, 0.6) is 0 Å². The van der Waals surface area contributed by atoms with Gasteiger partial charge in [0, 0.05) is 17.3 Å². The number of aromatic nitrogens is 3. The minimum atomic E-state index is -4.63. The number of alkyl halides is 3. The summed E-state index contributed by atoms with van der Waals surface area (Å²) in [6.45, 7) is -0.134. The molecular weight excluding hydrogens is 404 g/mol. The Bertz CT molecular complexity index is 1030. The standard InChI is InChI=1S/C17H11Cl2F3N4O/c18-11-7-12(17(20,21)22)16-25-24-14(26(16)9-11)8-23-15(27)6-5-10-3-1-2-4-13(10)19/h1-7,9H,8H2,(H,23,27)/b6-5+. The van der Waals surface area contributed by atoms with Crippen LogP contribution in [0, 0.1) is 0 Å². The molecule has 5 nitrogen and oxygen atoms in total. The minimum absolute atomic E-state index is 0.109. The van der Waals surface area contributed by atoms with Gasteiger partial charge in [0.2, 0.25) is 5.91 Å². The van der Waals surface area contributed by atoms with Crippen LogP contribution in [0.1, 0.15) is 17.0 Å². The number of halogens is 5. The molecule has 0 aliphatic rings. The molecule has 140 valence electrons. The summed E-state index contributed by atoms with van der Waals surface area (Å²) in [4.78, 5) is 11.9. The first-order chi connectivity index (χ1) is 12.8. The normalized spacial score (nSPS) is 12.0. The fraction of sp³-hybridized carbons (Fsp3) is 0.118. The Morgan fingerprint density at radius 2 is 1.96 bits per heavy atom. The first-order valence-corrected chi connectivity index (χ1v) is 8.32. The number of hydrogen-bond donors (Lipinski definition) is 1. The summed E-state index contributed by atoms with van der Waals surface area (Å²) in [6.07, 6.45) is -0.582. The SMILES string of the molecule is O=C(/C=C/c1ccccc1Cl)NCc1nnc2c(C(F)(F)F)cc(Cl)cn12. The van der Waals surface area contributed by atoms with Crippen LogP contribution in [-0.4, -0.2) is 20.5 Å². The third kappa shape index (κ3) is 4.40. The van der Waals surface area contributed by atoms with Gasteiger partial charge < -0.3 is 5.32 Å². The zero-order chi connectivity index (χ0) is 19.6. The second-order valence-corrected chi connectivity index (χ2v) is 6.30. The lowest BCUT2D eigenvalue weighted by atomic mass is 10.2. The second-order valence-electron chi connectivity index (χ2n) is 5.45. The zero-order valence-corrected chi connectivity index (χ0v) is 15.0. The number of nitrogens with zero attached hydrogens (tertiary/aromatic N) is 3. The monoisotopic (exact) mass is 414 g/mol. The maximum Gasteiger partial charge on any atom is 0.420 e. The van der Waals surface area contributed by atoms with E-state index in [1.54, 1.807) is 24.3 Å². The lowest BCUT2D eigenvalue weighted by Crippen LogP contribution is -2.21. The number of hydrogen-bond acceptors (Lipinski definition) is 3. The van der Waals surface area contributed by atoms with Crippen LogP contribution < -0.4 is 5.32 Å². The van der Waals surface area contributed by atoms with Crippen molar-refractivity contribution in [2.24, 2.45) is 0 Å². The van der Waals surface area contributed by atoms with Gasteiger partial charge in [-0.1, -0.05) is 41.4 Å². The first-order valence-electron chi connectivity index (χ1n) is 7.56. The summed E-state index contributed by atoms with van der Waals surface area (Å²) in [6, 6.07) is 7.73. The number of benzene rings is 1. The molecule has 0 saturated carbocycles. The highest BCUT2D eigenvalue weighted by Gasteiger charge is 2.35. The molecule has 0 aliphatic heterocycles. The maximum atomic E-state index is 13.1. The lowest BCUT2D eigenvalue weighted by molar-refractivity contribution is -0.136. The Hall–Kier alpha value is -2.58. The number of amides is 1. The lowest BCUT2D eigenvalue weighted by Gasteiger charge is -2.09. The Morgan fingerprint density at radius 3 is 2.67 bits per heavy atom. The Kier molecular flexibility index (Phi) is 5.38. The molecule has 2 heterocycles. The molecule has 2 aromatic heterocycles. The number of pyridine rings is 1. The van der Waals surface area contributed by atoms with Crippen molar-refractivity contribution in [3.8, 4) is 0 Å². The molecular formula is C17H11Cl2F3N4O. The molecule has 0 saturated heterocycles. The maximum absolute atomic E-state index is 13.1. The Morgan fingerprint density at radius 1 is 1.22 bits per heavy atom. The predicted octanol–water partition coefficient (Wildman–Crippen LogP) is 4.38. The van der Waals surface area contributed by atoms with Crippen LogP contribution in [0.25, 0.3) is 11.7 Å². The summed E-state index contributed by atoms with van der Waals surface area (Å²) in [5, 5.41) is 10.2. The molecule has 0 unspecified atom stereocenters. The molecule has 1 N–H and O–H groups in total. The smallest absolute Gasteiger partial charge is 0.345 e. The van der Waals surface area contributed by atoms with Crippen molar-refractivity contribution in [2.75, 3.05) is 0 Å². The average molecular weight is 415 g/mol. The summed E-state index contributed by atoms with van der Waals surface area (Å²) >= 11 is 11.8. The van der Waals surface area contributed by atoms with Crippen LogP contribution in [-0.2, 0) is 17.5 Å². The predicted molar refractivity (Wildman–Crippen MR) is 95.3 cm³/mol. The van der Waals surface area contributed by atoms with Crippen LogP contribution in [0.2, 0.25) is 10.0 Å². The number of carbonyl (C=O) groups is 1. The van der Waals surface area contributed by atoms with E-state index in [4.69, 9.17) is 23.2 Å². The zero-order valence-electron chi connectivity index (χ0n) is 13.5. The van der Waals surface area contributed by atoms with Gasteiger partial charge in [0.05, 0.1) is 11.6 Å². The van der Waals surface area contributed by atoms with E-state index in [9.17, 15) is 18.0 Å². The van der Waals surface area contributed by atoms with Gasteiger partial charge in [-0.25, -0.2) is 0 Å². The van der Waals surface area contributed by atoms with Gasteiger partial charge in [-0.05, 0) is 23.8 Å². The number of rotatable bonds is 4. The fourth-order valence-electron chi connectivity index (χ4n) is 2.34. The van der Waals surface area contributed by atoms with E-state index in [2.05, 4.69) is 15.5 Å². The van der Waals surface area contributed by atoms with Crippen molar-refractivity contribution in [2.45, 2.75) is 12.7 Å². The first kappa shape index (κ1) is 19.2. The van der Waals surface area contributed by atoms with Gasteiger partial charge in [-0.2, -0.15) is 13.2 Å². The molecule has 0 bridgehead atoms. The van der Waals surface area contributed by atoms with Crippen LogP contribution in [0.15, 0.2) is 42.6 Å². The quantitative estimate of drug-likeness (QED) is 0.644. The topological polar surface area (TPSA) is 59.3 Å². The fourth-order valence-corrected chi connectivity index (χ4v) is 2.74. The summed E-state index contributed by atoms with van der Waals surface area (Å²) < 4.78 is 40.4. The van der Waals surface area contributed by atoms with Crippen LogP contribution in [0.4, 0.5) is 13.2 Å². The van der Waals surface area contributed by atoms with Crippen molar-refractivity contribution < 1.29 is 18.0 Å². The summed E-state index contributed by atoms with van der Waals surface area (Å²) in [7, 11) is 0. The molecule has 0 atom stereocenters. The van der Waals surface area contributed by atoms with Gasteiger partial charge in [0.15, 0.2) is 11.5 Å². The van der Waals surface area contributed by atoms with E-state index in [0.717, 1.165) is 10.5 Å². The molecule has 3 rings (SSSR count). The van der Waals surface area contributed by atoms with Crippen LogP contribution >= 0.6 is 23.2 Å². The van der Waals surface area contributed by atoms with Gasteiger partial charge in [0.25, 0.3) is 0 Å². The van der Waals surface area contributed by atoms with Crippen molar-refractivity contribution >= 4 is 40.8 Å². The van der Waals surface area contributed by atoms with E-state index in [1.807, 2.05) is 0 Å². The molecule has 1 aromatic carbocycles. The van der Waals surface area contributed by atoms with E-state index >= 15 is 0 Å². The molecule has 0 fully saturated rings. The minimum Gasteiger partial charge on any atom is -0.345 e. The summed E-state index contributed by atoms with van der Waals surface area (Å²) in [5.74, 6) is -0.359. The second kappa shape index (κ2) is 7.58. The Balaban J connectivity index is 1.77. The number of nitrogens with one attached hydrogen (secondary N) is 1. The highest BCUT2D eigenvalue weighted by molar-refractivity contribution is 6.32. The molecule has 3 aromatic rings. The molecule has 1 amide bonds. The molecule has 0 spiro atoms. The van der Waals surface area contributed by atoms with E-state index in [1.165, 1.54) is 18.3 Å². The van der Waals surface area contributed by atoms with Crippen molar-refractivity contribution in [1.29, 1.82) is 0 Å². The van der Waals surface area contributed by atoms with E-state index in [0.29, 0.717) is 10.6 Å². The number of carbonyl (C=O) groups excluding carboxylic acids is 1. The van der Waals surface area contributed by atoms with E-state index in [-0.39, 0.29) is 23.0 Å². The molecule has 0 radical (unpaired) electrons. The van der Waals surface area contributed by atoms with Gasteiger partial charge >= 0.3 is 6.18 Å². The highest BCUT2D eigenvalue weighted by atomic mass is 35.5. The van der Waals surface area contributed by atoms with Crippen molar-refractivity contribution in [1.82, 2.24) is 19.9 Å². The number of fused-ring (bicyclic) bond motifs is 1.